The molecule has 3 atom stereocenters. The van der Waals surface area contributed by atoms with E-state index in [1.807, 2.05) is 0 Å². The number of halogens is 3. The second-order valence-electron chi connectivity index (χ2n) is 11.9. The lowest BCUT2D eigenvalue weighted by Crippen LogP contribution is -2.70. The van der Waals surface area contributed by atoms with Gasteiger partial charge in [0.05, 0.1) is 11.4 Å². The van der Waals surface area contributed by atoms with Crippen LogP contribution in [0.3, 0.4) is 0 Å². The minimum Gasteiger partial charge on any atom is -0.451 e. The summed E-state index contributed by atoms with van der Waals surface area (Å²) in [5.41, 5.74) is 0.613. The zero-order valence-electron chi connectivity index (χ0n) is 24.6. The van der Waals surface area contributed by atoms with Gasteiger partial charge in [0.25, 0.3) is 5.91 Å². The number of hydroxylamine groups is 1. The molecule has 4 aliphatic rings. The monoisotopic (exact) mass is 668 g/mol. The van der Waals surface area contributed by atoms with E-state index < -0.39 is 56.1 Å². The summed E-state index contributed by atoms with van der Waals surface area (Å²) < 4.78 is 70.9. The molecule has 1 N–H and O–H groups in total. The predicted molar refractivity (Wildman–Crippen MR) is 158 cm³/mol. The fourth-order valence-corrected chi connectivity index (χ4v) is 8.72. The second-order valence-corrected chi connectivity index (χ2v) is 14.1. The highest BCUT2D eigenvalue weighted by Crippen LogP contribution is 2.44. The number of sulfonamides is 1. The van der Waals surface area contributed by atoms with Crippen LogP contribution in [-0.2, 0) is 24.4 Å². The number of amides is 3. The Morgan fingerprint density at radius 3 is 2.36 bits per heavy atom. The molecule has 244 valence electrons. The lowest BCUT2D eigenvalue weighted by molar-refractivity contribution is -0.204. The van der Waals surface area contributed by atoms with E-state index in [9.17, 15) is 18.0 Å². The Bertz CT molecular complexity index is 1510. The summed E-state index contributed by atoms with van der Waals surface area (Å²) in [5.74, 6) is -3.96. The number of carbonyl (C=O) groups is 2. The zero-order valence-corrected chi connectivity index (χ0v) is 26.1. The highest BCUT2D eigenvalue weighted by atomic mass is 35.5. The number of rotatable bonds is 7. The van der Waals surface area contributed by atoms with Crippen molar-refractivity contribution >= 4 is 33.6 Å². The van der Waals surface area contributed by atoms with Crippen molar-refractivity contribution in [1.82, 2.24) is 19.6 Å². The Morgan fingerprint density at radius 1 is 0.978 bits per heavy atom. The number of nitrogens with one attached hydrogen (secondary N) is 1. The summed E-state index contributed by atoms with van der Waals surface area (Å²) in [6, 6.07) is 6.04. The van der Waals surface area contributed by atoms with Crippen LogP contribution in [0.15, 0.2) is 41.3 Å². The molecule has 2 bridgehead atoms. The van der Waals surface area contributed by atoms with Crippen molar-refractivity contribution in [2.24, 2.45) is 0 Å². The van der Waals surface area contributed by atoms with Gasteiger partial charge in [0, 0.05) is 43.7 Å². The van der Waals surface area contributed by atoms with E-state index in [2.05, 4.69) is 5.48 Å². The first-order chi connectivity index (χ1) is 21.6. The van der Waals surface area contributed by atoms with Gasteiger partial charge in [-0.3, -0.25) is 4.79 Å². The number of benzene rings is 2. The highest BCUT2D eigenvalue weighted by molar-refractivity contribution is 7.89. The van der Waals surface area contributed by atoms with Crippen LogP contribution in [-0.4, -0.2) is 85.1 Å². The van der Waals surface area contributed by atoms with Crippen molar-refractivity contribution in [2.45, 2.75) is 74.1 Å². The number of carbonyl (C=O) groups excluding carboxylic acids is 2. The number of hydrogen-bond donors (Lipinski definition) is 1. The fraction of sp³-hybridized carbons (Fsp3) is 0.533. The molecule has 3 unspecified atom stereocenters. The molecule has 4 heterocycles. The summed E-state index contributed by atoms with van der Waals surface area (Å²) in [4.78, 5) is 35.6. The molecule has 0 spiro atoms. The van der Waals surface area contributed by atoms with Crippen LogP contribution in [0.1, 0.15) is 51.4 Å². The molecule has 15 heteroatoms. The average Bonchev–Trinajstić information content (AvgIpc) is 3.31. The number of urea groups is 1. The van der Waals surface area contributed by atoms with E-state index in [0.717, 1.165) is 36.4 Å². The molecule has 2 aromatic rings. The number of piperazine rings is 1. The third-order valence-electron chi connectivity index (χ3n) is 8.83. The van der Waals surface area contributed by atoms with Gasteiger partial charge in [-0.05, 0) is 81.3 Å². The molecular weight excluding hydrogens is 634 g/mol. The normalized spacial score (nSPS) is 25.7. The van der Waals surface area contributed by atoms with Crippen LogP contribution in [0.2, 0.25) is 5.02 Å². The minimum atomic E-state index is -4.68. The molecule has 4 saturated heterocycles. The van der Waals surface area contributed by atoms with Gasteiger partial charge in [-0.1, -0.05) is 11.6 Å². The van der Waals surface area contributed by atoms with Crippen molar-refractivity contribution in [2.75, 3.05) is 32.8 Å². The summed E-state index contributed by atoms with van der Waals surface area (Å²) in [6.07, 6.45) is 4.59. The topological polar surface area (TPSA) is 118 Å². The molecule has 4 aliphatic heterocycles. The summed E-state index contributed by atoms with van der Waals surface area (Å²) in [6.45, 7) is 1.39. The van der Waals surface area contributed by atoms with E-state index in [0.29, 0.717) is 43.3 Å². The molecule has 4 fully saturated rings. The number of hydrogen-bond acceptors (Lipinski definition) is 7. The summed E-state index contributed by atoms with van der Waals surface area (Å²) in [7, 11) is -4.68. The van der Waals surface area contributed by atoms with Gasteiger partial charge in [0.2, 0.25) is 10.0 Å². The summed E-state index contributed by atoms with van der Waals surface area (Å²) >= 11 is 5.87. The van der Waals surface area contributed by atoms with Gasteiger partial charge >= 0.3 is 6.03 Å². The highest BCUT2D eigenvalue weighted by Gasteiger charge is 2.62. The number of ether oxygens (including phenoxy) is 2. The summed E-state index contributed by atoms with van der Waals surface area (Å²) in [5, 5.41) is 0.395. The van der Waals surface area contributed by atoms with Crippen LogP contribution in [0.4, 0.5) is 13.6 Å². The van der Waals surface area contributed by atoms with Gasteiger partial charge in [-0.25, -0.2) is 32.3 Å². The maximum atomic E-state index is 15.3. The first-order valence-electron chi connectivity index (χ1n) is 15.2. The maximum absolute atomic E-state index is 15.3. The zero-order chi connectivity index (χ0) is 31.8. The maximum Gasteiger partial charge on any atom is 0.320 e. The molecule has 0 radical (unpaired) electrons. The van der Waals surface area contributed by atoms with E-state index >= 15 is 8.78 Å². The van der Waals surface area contributed by atoms with Crippen molar-refractivity contribution in [3.05, 3.63) is 53.1 Å². The van der Waals surface area contributed by atoms with Crippen molar-refractivity contribution in [3.63, 3.8) is 0 Å². The van der Waals surface area contributed by atoms with Crippen molar-refractivity contribution < 1.29 is 41.1 Å². The largest absolute Gasteiger partial charge is 0.451 e. The molecule has 0 aliphatic carbocycles. The van der Waals surface area contributed by atoms with Gasteiger partial charge in [0.15, 0.2) is 23.7 Å². The molecule has 0 saturated carbocycles. The van der Waals surface area contributed by atoms with Crippen LogP contribution >= 0.6 is 11.6 Å². The lowest BCUT2D eigenvalue weighted by atomic mass is 9.96. The van der Waals surface area contributed by atoms with Crippen molar-refractivity contribution in [3.8, 4) is 11.5 Å². The third-order valence-corrected chi connectivity index (χ3v) is 11.1. The number of nitrogens with zero attached hydrogens (tertiary/aromatic N) is 3. The molecule has 2 aromatic carbocycles. The first-order valence-corrected chi connectivity index (χ1v) is 17.0. The van der Waals surface area contributed by atoms with Crippen LogP contribution in [0, 0.1) is 11.6 Å². The molecular formula is C30H35ClF2N4O7S. The number of piperidine rings is 1. The molecule has 0 aromatic heterocycles. The molecule has 11 nitrogen and oxygen atoms in total. The quantitative estimate of drug-likeness (QED) is 0.422. The Balaban J connectivity index is 1.31. The van der Waals surface area contributed by atoms with Crippen molar-refractivity contribution in [1.29, 1.82) is 0 Å². The molecule has 3 amide bonds. The number of fused-ring (bicyclic) bond motifs is 2. The van der Waals surface area contributed by atoms with Gasteiger partial charge in [-0.15, -0.1) is 0 Å². The Kier molecular flexibility index (Phi) is 9.21. The van der Waals surface area contributed by atoms with Crippen LogP contribution in [0.25, 0.3) is 0 Å². The van der Waals surface area contributed by atoms with E-state index in [4.69, 9.17) is 25.9 Å². The van der Waals surface area contributed by atoms with E-state index in [1.165, 1.54) is 29.2 Å². The van der Waals surface area contributed by atoms with Gasteiger partial charge < -0.3 is 19.3 Å². The van der Waals surface area contributed by atoms with E-state index in [1.54, 1.807) is 4.90 Å². The second kappa shape index (κ2) is 13.0. The first kappa shape index (κ1) is 31.9. The SMILES string of the molecule is O=C(N1CCCCC1)N1CC2CCC(C(=O)NOC3CCCCO3)(C1)N2S(=O)(=O)c1cc(F)c(Oc2ccc(Cl)cc2)c(F)c1. The van der Waals surface area contributed by atoms with Crippen LogP contribution < -0.4 is 10.2 Å². The fourth-order valence-electron chi connectivity index (χ4n) is 6.61. The molecule has 45 heavy (non-hydrogen) atoms. The Hall–Kier alpha value is -3.04. The number of likely N-dealkylation sites (tertiary alicyclic amines) is 2. The predicted octanol–water partition coefficient (Wildman–Crippen LogP) is 4.80. The van der Waals surface area contributed by atoms with Crippen LogP contribution in [0.5, 0.6) is 11.5 Å². The smallest absolute Gasteiger partial charge is 0.320 e. The van der Waals surface area contributed by atoms with E-state index in [-0.39, 0.29) is 37.7 Å². The molecule has 6 rings (SSSR count). The third kappa shape index (κ3) is 6.35. The Morgan fingerprint density at radius 2 is 1.69 bits per heavy atom. The standard InChI is InChI=1S/C30H35ClF2N4O7S/c31-20-7-9-22(10-8-20)43-27-24(32)16-23(17-25(27)33)45(40,41)37-21-11-12-30(37,28(38)34-44-26-6-2-5-15-42-26)19-36(18-21)29(39)35-13-3-1-4-14-35/h7-10,16-17,21,26H,1-6,11-15,18-19H2,(H,34,38). The Labute approximate surface area is 265 Å². The minimum absolute atomic E-state index is 0.0267. The average molecular weight is 669 g/mol. The van der Waals surface area contributed by atoms with Gasteiger partial charge in [0.1, 0.15) is 11.3 Å². The lowest BCUT2D eigenvalue weighted by Gasteiger charge is -2.47. The van der Waals surface area contributed by atoms with Gasteiger partial charge in [-0.2, -0.15) is 4.31 Å².